The van der Waals surface area contributed by atoms with E-state index in [9.17, 15) is 9.59 Å². The van der Waals surface area contributed by atoms with Crippen molar-refractivity contribution < 1.29 is 18.4 Å². The molecule has 0 saturated carbocycles. The van der Waals surface area contributed by atoms with Crippen LogP contribution in [0.4, 0.5) is 5.00 Å². The summed E-state index contributed by atoms with van der Waals surface area (Å²) in [5.41, 5.74) is 2.48. The number of carbonyl (C=O) groups is 2. The monoisotopic (exact) mass is 467 g/mol. The van der Waals surface area contributed by atoms with Crippen LogP contribution in [-0.4, -0.2) is 21.9 Å². The normalized spacial score (nSPS) is 15.5. The lowest BCUT2D eigenvalue weighted by Gasteiger charge is -2.18. The standard InChI is InChI=1S/C23H21N3O4S2/c1-13-4-5-15-17(11-13)32-23(20(15)21(28)16-3-2-9-29-16)24-18(27)6-7-19-25-26-22(30-19)14-8-10-31-12-14/h2-3,8-10,12-13H,4-7,11H2,1H3,(H,24,27). The first-order valence-electron chi connectivity index (χ1n) is 10.5. The SMILES string of the molecule is CC1CCc2c(sc(NC(=O)CCc3nnc(-c4ccsc4)o3)c2C(=O)c2ccco2)C1. The lowest BCUT2D eigenvalue weighted by Crippen LogP contribution is -2.16. The van der Waals surface area contributed by atoms with E-state index in [1.54, 1.807) is 23.5 Å². The molecule has 1 amide bonds. The van der Waals surface area contributed by atoms with Crippen molar-refractivity contribution in [3.05, 3.63) is 62.9 Å². The minimum Gasteiger partial charge on any atom is -0.461 e. The Morgan fingerprint density at radius 2 is 2.19 bits per heavy atom. The molecule has 4 aromatic rings. The molecule has 0 bridgehead atoms. The van der Waals surface area contributed by atoms with Gasteiger partial charge in [0.25, 0.3) is 0 Å². The van der Waals surface area contributed by atoms with E-state index in [-0.39, 0.29) is 23.9 Å². The van der Waals surface area contributed by atoms with E-state index >= 15 is 0 Å². The molecule has 1 aliphatic rings. The number of ketones is 1. The van der Waals surface area contributed by atoms with Crippen LogP contribution in [0.15, 0.2) is 44.1 Å². The molecule has 1 unspecified atom stereocenters. The highest BCUT2D eigenvalue weighted by atomic mass is 32.1. The second-order valence-electron chi connectivity index (χ2n) is 7.92. The van der Waals surface area contributed by atoms with Gasteiger partial charge in [0.1, 0.15) is 5.00 Å². The summed E-state index contributed by atoms with van der Waals surface area (Å²) in [5.74, 6) is 1.33. The third-order valence-electron chi connectivity index (χ3n) is 5.54. The molecule has 4 heterocycles. The van der Waals surface area contributed by atoms with E-state index in [1.807, 2.05) is 16.8 Å². The van der Waals surface area contributed by atoms with Gasteiger partial charge in [0, 0.05) is 28.7 Å². The van der Waals surface area contributed by atoms with Gasteiger partial charge in [-0.2, -0.15) is 11.3 Å². The van der Waals surface area contributed by atoms with Crippen LogP contribution in [0.25, 0.3) is 11.5 Å². The molecule has 9 heteroatoms. The number of nitrogens with zero attached hydrogens (tertiary/aromatic N) is 2. The first-order chi connectivity index (χ1) is 15.6. The molecular formula is C23H21N3O4S2. The smallest absolute Gasteiger partial charge is 0.248 e. The molecule has 7 nitrogen and oxygen atoms in total. The second-order valence-corrected chi connectivity index (χ2v) is 9.81. The maximum Gasteiger partial charge on any atom is 0.248 e. The Balaban J connectivity index is 1.32. The molecule has 1 N–H and O–H groups in total. The second kappa shape index (κ2) is 8.84. The van der Waals surface area contributed by atoms with Crippen LogP contribution in [0.3, 0.4) is 0 Å². The first-order valence-corrected chi connectivity index (χ1v) is 12.2. The largest absolute Gasteiger partial charge is 0.461 e. The van der Waals surface area contributed by atoms with E-state index in [2.05, 4.69) is 22.4 Å². The van der Waals surface area contributed by atoms with Crippen LogP contribution >= 0.6 is 22.7 Å². The van der Waals surface area contributed by atoms with Gasteiger partial charge in [-0.1, -0.05) is 6.92 Å². The molecule has 0 aliphatic heterocycles. The highest BCUT2D eigenvalue weighted by Gasteiger charge is 2.30. The molecule has 164 valence electrons. The number of nitrogens with one attached hydrogen (secondary N) is 1. The van der Waals surface area contributed by atoms with E-state index < -0.39 is 0 Å². The van der Waals surface area contributed by atoms with E-state index in [0.29, 0.717) is 34.7 Å². The van der Waals surface area contributed by atoms with Gasteiger partial charge in [0.05, 0.1) is 11.8 Å². The number of amides is 1. The Hall–Kier alpha value is -3.04. The lowest BCUT2D eigenvalue weighted by molar-refractivity contribution is -0.116. The summed E-state index contributed by atoms with van der Waals surface area (Å²) in [6, 6.07) is 5.26. The van der Waals surface area contributed by atoms with Gasteiger partial charge in [-0.15, -0.1) is 21.5 Å². The summed E-state index contributed by atoms with van der Waals surface area (Å²) in [6.45, 7) is 2.21. The average Bonchev–Trinajstić information content (AvgIpc) is 3.58. The zero-order valence-electron chi connectivity index (χ0n) is 17.4. The van der Waals surface area contributed by atoms with Crippen LogP contribution in [0.2, 0.25) is 0 Å². The summed E-state index contributed by atoms with van der Waals surface area (Å²) in [4.78, 5) is 27.1. The quantitative estimate of drug-likeness (QED) is 0.367. The van der Waals surface area contributed by atoms with Gasteiger partial charge in [0.2, 0.25) is 23.5 Å². The Morgan fingerprint density at radius 3 is 2.97 bits per heavy atom. The molecule has 1 atom stereocenters. The van der Waals surface area contributed by atoms with Crippen molar-refractivity contribution >= 4 is 39.4 Å². The predicted molar refractivity (Wildman–Crippen MR) is 122 cm³/mol. The van der Waals surface area contributed by atoms with Crippen molar-refractivity contribution in [2.75, 3.05) is 5.32 Å². The molecule has 1 aliphatic carbocycles. The number of hydrogen-bond donors (Lipinski definition) is 1. The van der Waals surface area contributed by atoms with Crippen LogP contribution < -0.4 is 5.32 Å². The molecular weight excluding hydrogens is 446 g/mol. The van der Waals surface area contributed by atoms with E-state index in [0.717, 1.165) is 30.4 Å². The zero-order chi connectivity index (χ0) is 22.1. The van der Waals surface area contributed by atoms with Gasteiger partial charge < -0.3 is 14.2 Å². The third kappa shape index (κ3) is 4.18. The Morgan fingerprint density at radius 1 is 1.28 bits per heavy atom. The van der Waals surface area contributed by atoms with Gasteiger partial charge >= 0.3 is 0 Å². The number of anilines is 1. The fraction of sp³-hybridized carbons (Fsp3) is 0.304. The van der Waals surface area contributed by atoms with Gasteiger partial charge in [-0.05, 0) is 54.3 Å². The van der Waals surface area contributed by atoms with Crippen LogP contribution in [0.5, 0.6) is 0 Å². The number of rotatable bonds is 7. The highest BCUT2D eigenvalue weighted by molar-refractivity contribution is 7.17. The summed E-state index contributed by atoms with van der Waals surface area (Å²) in [7, 11) is 0. The minimum atomic E-state index is -0.194. The predicted octanol–water partition coefficient (Wildman–Crippen LogP) is 5.38. The summed E-state index contributed by atoms with van der Waals surface area (Å²) < 4.78 is 11.0. The van der Waals surface area contributed by atoms with Crippen LogP contribution in [-0.2, 0) is 24.1 Å². The molecule has 0 fully saturated rings. The third-order valence-corrected chi connectivity index (χ3v) is 7.39. The molecule has 0 saturated heterocycles. The average molecular weight is 468 g/mol. The van der Waals surface area contributed by atoms with Crippen molar-refractivity contribution in [2.45, 2.75) is 39.0 Å². The van der Waals surface area contributed by atoms with E-state index in [1.165, 1.54) is 22.5 Å². The van der Waals surface area contributed by atoms with Crippen LogP contribution in [0, 0.1) is 5.92 Å². The Kier molecular flexibility index (Phi) is 5.75. The molecule has 32 heavy (non-hydrogen) atoms. The maximum absolute atomic E-state index is 13.1. The number of aryl methyl sites for hydroxylation is 1. The van der Waals surface area contributed by atoms with Crippen molar-refractivity contribution in [3.8, 4) is 11.5 Å². The minimum absolute atomic E-state index is 0.179. The molecule has 4 aromatic heterocycles. The van der Waals surface area contributed by atoms with E-state index in [4.69, 9.17) is 8.83 Å². The van der Waals surface area contributed by atoms with Crippen LogP contribution in [0.1, 0.15) is 52.2 Å². The summed E-state index contributed by atoms with van der Waals surface area (Å²) in [6.07, 6.45) is 4.77. The Labute approximate surface area is 192 Å². The number of furan rings is 1. The van der Waals surface area contributed by atoms with Crippen molar-refractivity contribution in [2.24, 2.45) is 5.92 Å². The number of hydrogen-bond acceptors (Lipinski definition) is 8. The van der Waals surface area contributed by atoms with Crippen molar-refractivity contribution in [1.82, 2.24) is 10.2 Å². The first kappa shape index (κ1) is 20.8. The maximum atomic E-state index is 13.1. The number of fused-ring (bicyclic) bond motifs is 1. The molecule has 5 rings (SSSR count). The van der Waals surface area contributed by atoms with Gasteiger partial charge in [-0.3, -0.25) is 9.59 Å². The molecule has 0 spiro atoms. The number of thiophene rings is 2. The number of aromatic nitrogens is 2. The summed E-state index contributed by atoms with van der Waals surface area (Å²) in [5, 5.41) is 15.5. The van der Waals surface area contributed by atoms with Crippen molar-refractivity contribution in [3.63, 3.8) is 0 Å². The lowest BCUT2D eigenvalue weighted by atomic mass is 9.87. The van der Waals surface area contributed by atoms with Crippen molar-refractivity contribution in [1.29, 1.82) is 0 Å². The molecule has 0 radical (unpaired) electrons. The summed E-state index contributed by atoms with van der Waals surface area (Å²) >= 11 is 3.05. The number of carbonyl (C=O) groups excluding carboxylic acids is 2. The fourth-order valence-electron chi connectivity index (χ4n) is 3.88. The van der Waals surface area contributed by atoms with Gasteiger partial charge in [-0.25, -0.2) is 0 Å². The zero-order valence-corrected chi connectivity index (χ0v) is 19.1. The Bertz CT molecular complexity index is 1240. The topological polar surface area (TPSA) is 98.2 Å². The van der Waals surface area contributed by atoms with Gasteiger partial charge in [0.15, 0.2) is 5.76 Å². The molecule has 0 aromatic carbocycles. The highest BCUT2D eigenvalue weighted by Crippen LogP contribution is 2.40. The fourth-order valence-corrected chi connectivity index (χ4v) is 5.93.